The summed E-state index contributed by atoms with van der Waals surface area (Å²) in [7, 11) is 245. The second kappa shape index (κ2) is 23.3. The van der Waals surface area contributed by atoms with Gasteiger partial charge in [-0.3, -0.25) is 0 Å². The summed E-state index contributed by atoms with van der Waals surface area (Å²) >= 11 is 0. The van der Waals surface area contributed by atoms with E-state index in [0.29, 0.717) is 0 Å². The van der Waals surface area contributed by atoms with E-state index in [9.17, 15) is 0 Å². The third kappa shape index (κ3) is 8.92. The van der Waals surface area contributed by atoms with Gasteiger partial charge in [0, 0.05) is 44.2 Å². The van der Waals surface area contributed by atoms with Crippen molar-refractivity contribution in [1.82, 2.24) is 9.13 Å². The maximum Gasteiger partial charge on any atom is 0.115 e. The van der Waals surface area contributed by atoms with E-state index in [1.807, 2.05) is 0 Å². The summed E-state index contributed by atoms with van der Waals surface area (Å²) in [5.41, 5.74) is -9.24. The van der Waals surface area contributed by atoms with Crippen LogP contribution in [0.2, 0.25) is 0 Å². The lowest BCUT2D eigenvalue weighted by atomic mass is 9.55. The lowest BCUT2D eigenvalue weighted by Crippen LogP contribution is -2.57. The molecule has 0 aliphatic rings. The largest absolute Gasteiger partial charge is 0.312 e. The number of hydrogen-bond acceptors (Lipinski definition) is 0. The van der Waals surface area contributed by atoms with E-state index in [4.69, 9.17) is 282 Å². The Morgan fingerprint density at radius 1 is 0.109 bits per heavy atom. The van der Waals surface area contributed by atoms with Crippen LogP contribution in [0, 0.1) is 0 Å². The first kappa shape index (κ1) is 68.3. The van der Waals surface area contributed by atoms with Crippen LogP contribution in [0.15, 0.2) is 0 Å². The Hall–Kier alpha value is -5.08. The molecule has 0 fully saturated rings. The Balaban J connectivity index is 1.25. The zero-order chi connectivity index (χ0) is 68.3. The Morgan fingerprint density at radius 2 is 0.239 bits per heavy atom. The molecule has 2 heterocycles. The van der Waals surface area contributed by atoms with E-state index in [-0.39, 0.29) is 296 Å². The molecule has 11 aromatic rings. The van der Waals surface area contributed by atoms with Crippen LogP contribution in [0.5, 0.6) is 0 Å². The van der Waals surface area contributed by atoms with Gasteiger partial charge in [0.05, 0.1) is 0 Å². The van der Waals surface area contributed by atoms with E-state index in [0.717, 1.165) is 0 Å². The first-order chi connectivity index (χ1) is 42.8. The molecule has 0 spiro atoms. The molecule has 334 valence electrons. The van der Waals surface area contributed by atoms with E-state index in [1.165, 1.54) is 9.13 Å². The van der Waals surface area contributed by atoms with Gasteiger partial charge in [-0.25, -0.2) is 0 Å². The Morgan fingerprint density at radius 3 is 0.478 bits per heavy atom. The lowest BCUT2D eigenvalue weighted by molar-refractivity contribution is 1.22. The van der Waals surface area contributed by atoms with Crippen LogP contribution in [0.3, 0.4) is 0 Å². The van der Waals surface area contributed by atoms with E-state index >= 15 is 0 Å². The molecule has 0 amide bonds. The van der Waals surface area contributed by atoms with Crippen LogP contribution in [-0.2, 0) is 0 Å². The average Bonchev–Trinajstić information content (AvgIpc) is 1.51. The summed E-state index contributed by atoms with van der Waals surface area (Å²) < 4.78 is 2.69. The summed E-state index contributed by atoms with van der Waals surface area (Å²) in [6.07, 6.45) is 0. The quantitative estimate of drug-likeness (QED) is 0.147. The second-order valence-corrected chi connectivity index (χ2v) is 22.2. The van der Waals surface area contributed by atoms with Crippen molar-refractivity contribution in [2.45, 2.75) is 0 Å². The van der Waals surface area contributed by atoms with Crippen LogP contribution in [0.25, 0.3) is 99.5 Å². The molecule has 0 saturated carbocycles. The highest BCUT2D eigenvalue weighted by Crippen LogP contribution is 2.32. The van der Waals surface area contributed by atoms with Crippen molar-refractivity contribution >= 4 is 523 Å². The van der Waals surface area contributed by atoms with Gasteiger partial charge in [-0.2, -0.15) is 0 Å². The number of fused-ring (bicyclic) bond motifs is 6. The fraction of sp³-hybridized carbons (Fsp3) is 0. The third-order valence-corrected chi connectivity index (χ3v) is 17.6. The number of hydrogen-bond donors (Lipinski definition) is 0. The maximum atomic E-state index is 7.45. The smallest absolute Gasteiger partial charge is 0.115 e. The van der Waals surface area contributed by atoms with Gasteiger partial charge in [0.2, 0.25) is 0 Å². The van der Waals surface area contributed by atoms with Crippen molar-refractivity contribution in [2.75, 3.05) is 0 Å². The third-order valence-electron chi connectivity index (χ3n) is 17.6. The second-order valence-electron chi connectivity index (χ2n) is 22.2. The minimum atomic E-state index is -0.331. The predicted octanol–water partition coefficient (Wildman–Crippen LogP) is -28.9. The van der Waals surface area contributed by atoms with Gasteiger partial charge < -0.3 is 9.13 Å². The molecule has 38 heteroatoms. The zero-order valence-electron chi connectivity index (χ0n) is 48.7. The van der Waals surface area contributed by atoms with Crippen molar-refractivity contribution in [3.8, 4) is 55.9 Å². The molecule has 2 nitrogen and oxygen atoms in total. The van der Waals surface area contributed by atoms with Crippen LogP contribution >= 0.6 is 0 Å². The van der Waals surface area contributed by atoms with Crippen molar-refractivity contribution in [1.29, 1.82) is 0 Å². The maximum absolute atomic E-state index is 7.45. The molecule has 0 atom stereocenters. The number of nitrogens with zero attached hydrogens (tertiary/aromatic N) is 2. The molecule has 72 radical (unpaired) electrons. The van der Waals surface area contributed by atoms with Crippen LogP contribution in [0.1, 0.15) is 0 Å². The molecule has 0 aliphatic heterocycles. The Labute approximate surface area is 583 Å². The van der Waals surface area contributed by atoms with Crippen molar-refractivity contribution in [2.24, 2.45) is 0 Å². The SMILES string of the molecule is [B]c1c([B])c([B])c(-c2c([B])c([B])c(-n3c4c([B])c([B])c([B])c([B])c4c4c([B])c(-c5c([B])c([B])c6c(c5[B])c5c([B])c([B])c([B])c([B])c5n6-c5c([B])c([B])c(-c6c([B])c([B])c([B])c(-c7c([B])c([B])c([B])c([B])c7[B])c6[B])c([B])c5[B])c([B])c([B])c43)c([B])c2[B])c([B])c1[B]. The highest BCUT2D eigenvalue weighted by molar-refractivity contribution is 6.78. The van der Waals surface area contributed by atoms with Gasteiger partial charge in [0.1, 0.15) is 282 Å². The fourth-order valence-electron chi connectivity index (χ4n) is 12.6. The summed E-state index contributed by atoms with van der Waals surface area (Å²) in [5, 5.41) is -0.0270. The van der Waals surface area contributed by atoms with Crippen molar-refractivity contribution in [3.63, 3.8) is 0 Å². The lowest BCUT2D eigenvalue weighted by Gasteiger charge is -2.31. The number of aromatic nitrogens is 2. The van der Waals surface area contributed by atoms with Crippen LogP contribution in [-0.4, -0.2) is 292 Å². The average molecular weight is 1070 g/mol. The summed E-state index contributed by atoms with van der Waals surface area (Å²) in [4.78, 5) is 0. The molecule has 0 unspecified atom stereocenters. The molecule has 11 rings (SSSR count). The topological polar surface area (TPSA) is 9.86 Å². The van der Waals surface area contributed by atoms with Crippen LogP contribution in [0.4, 0.5) is 0 Å². The summed E-state index contributed by atoms with van der Waals surface area (Å²) in [6, 6.07) is 0. The molecule has 0 saturated heterocycles. The van der Waals surface area contributed by atoms with Crippen molar-refractivity contribution < 1.29 is 0 Å². The molecule has 2 aromatic heterocycles. The van der Waals surface area contributed by atoms with E-state index < -0.39 is 0 Å². The Bertz CT molecular complexity index is 5230. The molecule has 92 heavy (non-hydrogen) atoms. The van der Waals surface area contributed by atoms with Crippen molar-refractivity contribution in [3.05, 3.63) is 0 Å². The van der Waals surface area contributed by atoms with Gasteiger partial charge in [-0.1, -0.05) is 137 Å². The van der Waals surface area contributed by atoms with Gasteiger partial charge in [-0.15, -0.1) is 60.1 Å². The minimum absolute atomic E-state index is 0.00294. The first-order valence-corrected chi connectivity index (χ1v) is 26.7. The molecule has 9 aromatic carbocycles. The van der Waals surface area contributed by atoms with Crippen LogP contribution < -0.4 is 197 Å². The molecule has 0 N–H and O–H groups in total. The number of rotatable bonds is 6. The van der Waals surface area contributed by atoms with E-state index in [1.54, 1.807) is 0 Å². The number of benzene rings is 9. The normalized spacial score (nSPS) is 11.7. The summed E-state index contributed by atoms with van der Waals surface area (Å²) in [6.45, 7) is 0. The fourth-order valence-corrected chi connectivity index (χ4v) is 12.6. The summed E-state index contributed by atoms with van der Waals surface area (Å²) in [5.74, 6) is 0. The monoisotopic (exact) mass is 1070 g/mol. The van der Waals surface area contributed by atoms with Gasteiger partial charge >= 0.3 is 0 Å². The minimum Gasteiger partial charge on any atom is -0.312 e. The molecule has 0 bridgehead atoms. The zero-order valence-corrected chi connectivity index (χ0v) is 48.7. The Kier molecular flexibility index (Phi) is 17.3. The molecular formula is C54B36N2. The van der Waals surface area contributed by atoms with Gasteiger partial charge in [0.15, 0.2) is 0 Å². The highest BCUT2D eigenvalue weighted by Gasteiger charge is 2.32. The first-order valence-electron chi connectivity index (χ1n) is 26.7. The standard InChI is InChI=1S/C54B36N2/c55-13-3(5-18(60)31(73)37(79)32(74)19(5)61)16(58)30(72)17(59)4(13)6-24(66)43(85)53(44(86)25(6)67)91-49-9(11-28(70)35(77)39(81)47(89)51(11)91)14(56)1(22(64)41(49)83)2-15(57)10-12-29(71)36(78)40(82)48(90)52(12)92(50(10)42(84)23(2)65)54-45(87)26(68)8(27(69)46(54)88)7-20(62)33(75)38(80)34(76)21(7)63. The highest BCUT2D eigenvalue weighted by atomic mass is 15.0. The molecule has 0 aliphatic carbocycles. The molecular weight excluding hydrogens is 1070 g/mol. The predicted molar refractivity (Wildman–Crippen MR) is 431 cm³/mol. The van der Waals surface area contributed by atoms with E-state index in [2.05, 4.69) is 0 Å². The van der Waals surface area contributed by atoms with Gasteiger partial charge in [0.25, 0.3) is 0 Å². The van der Waals surface area contributed by atoms with Gasteiger partial charge in [-0.05, 0) is 55.3 Å².